The van der Waals surface area contributed by atoms with Gasteiger partial charge in [-0.15, -0.1) is 0 Å². The quantitative estimate of drug-likeness (QED) is 0.419. The van der Waals surface area contributed by atoms with Gasteiger partial charge in [-0.3, -0.25) is 9.78 Å². The molecule has 1 N–H and O–H groups in total. The Morgan fingerprint density at radius 3 is 2.71 bits per heavy atom. The molecule has 4 aromatic rings. The van der Waals surface area contributed by atoms with Crippen molar-refractivity contribution in [3.05, 3.63) is 71.1 Å². The second kappa shape index (κ2) is 6.97. The largest absolute Gasteiger partial charge is 0.271 e. The van der Waals surface area contributed by atoms with Crippen LogP contribution in [0.25, 0.3) is 16.2 Å². The first-order valence-electron chi connectivity index (χ1n) is 8.98. The summed E-state index contributed by atoms with van der Waals surface area (Å²) < 4.78 is 1.82. The molecule has 0 bridgehead atoms. The third kappa shape index (κ3) is 3.18. The van der Waals surface area contributed by atoms with E-state index in [2.05, 4.69) is 15.5 Å². The Kier molecular flexibility index (Phi) is 4.17. The molecule has 8 heteroatoms. The van der Waals surface area contributed by atoms with Crippen LogP contribution in [0.2, 0.25) is 0 Å². The molecule has 0 aliphatic heterocycles. The molecule has 1 saturated carbocycles. The standard InChI is InChI=1S/C20H16N6OS/c27-18(14-8-10-21-11-9-14)24-22-12-16-17(13-4-2-1-3-5-13)23-20-26(16)25-19(28-20)15-6-7-15/h1-5,8-12,15H,6-7H2,(H,24,27)/b22-12+. The first-order valence-corrected chi connectivity index (χ1v) is 9.79. The molecular weight excluding hydrogens is 372 g/mol. The number of amides is 1. The fourth-order valence-electron chi connectivity index (χ4n) is 2.92. The van der Waals surface area contributed by atoms with Crippen molar-refractivity contribution in [1.82, 2.24) is 25.0 Å². The summed E-state index contributed by atoms with van der Waals surface area (Å²) in [5.74, 6) is 0.265. The number of nitrogens with zero attached hydrogens (tertiary/aromatic N) is 5. The Labute approximate surface area is 164 Å². The molecule has 138 valence electrons. The normalized spacial score (nSPS) is 14.0. The predicted molar refractivity (Wildman–Crippen MR) is 108 cm³/mol. The van der Waals surface area contributed by atoms with E-state index in [-0.39, 0.29) is 5.91 Å². The van der Waals surface area contributed by atoms with Crippen LogP contribution in [-0.4, -0.2) is 31.7 Å². The zero-order chi connectivity index (χ0) is 18.9. The van der Waals surface area contributed by atoms with Crippen LogP contribution in [0, 0.1) is 0 Å². The van der Waals surface area contributed by atoms with Crippen molar-refractivity contribution < 1.29 is 4.79 Å². The van der Waals surface area contributed by atoms with E-state index in [0.29, 0.717) is 11.5 Å². The summed E-state index contributed by atoms with van der Waals surface area (Å²) in [6, 6.07) is 13.2. The third-order valence-electron chi connectivity index (χ3n) is 4.52. The summed E-state index contributed by atoms with van der Waals surface area (Å²) in [4.78, 5) is 21.7. The molecule has 7 nitrogen and oxygen atoms in total. The summed E-state index contributed by atoms with van der Waals surface area (Å²) in [5, 5.41) is 10.0. The minimum Gasteiger partial charge on any atom is -0.267 e. The number of imidazole rings is 1. The number of nitrogens with one attached hydrogen (secondary N) is 1. The van der Waals surface area contributed by atoms with Crippen molar-refractivity contribution >= 4 is 28.4 Å². The van der Waals surface area contributed by atoms with Crippen LogP contribution in [0.15, 0.2) is 60.0 Å². The van der Waals surface area contributed by atoms with Crippen LogP contribution in [0.1, 0.15) is 39.8 Å². The molecule has 3 heterocycles. The molecule has 1 aliphatic rings. The van der Waals surface area contributed by atoms with Gasteiger partial charge in [0, 0.05) is 29.4 Å². The highest BCUT2D eigenvalue weighted by molar-refractivity contribution is 7.16. The molecule has 1 fully saturated rings. The minimum atomic E-state index is -0.294. The number of fused-ring (bicyclic) bond motifs is 1. The summed E-state index contributed by atoms with van der Waals surface area (Å²) in [6.45, 7) is 0. The molecule has 1 amide bonds. The number of rotatable bonds is 5. The molecule has 1 aromatic carbocycles. The SMILES string of the molecule is O=C(N/N=C/c1c(-c2ccccc2)nc2sc(C3CC3)nn12)c1ccncc1. The smallest absolute Gasteiger partial charge is 0.267 e. The molecule has 0 spiro atoms. The highest BCUT2D eigenvalue weighted by Crippen LogP contribution is 2.42. The van der Waals surface area contributed by atoms with Gasteiger partial charge >= 0.3 is 0 Å². The second-order valence-corrected chi connectivity index (χ2v) is 7.54. The average Bonchev–Trinajstić information content (AvgIpc) is 3.43. The Hall–Kier alpha value is -3.39. The van der Waals surface area contributed by atoms with E-state index >= 15 is 0 Å². The van der Waals surface area contributed by atoms with E-state index < -0.39 is 0 Å². The van der Waals surface area contributed by atoms with Gasteiger partial charge in [0.25, 0.3) is 5.91 Å². The Bertz CT molecular complexity index is 1160. The molecule has 1 aliphatic carbocycles. The van der Waals surface area contributed by atoms with Crippen molar-refractivity contribution in [2.24, 2.45) is 5.10 Å². The van der Waals surface area contributed by atoms with Crippen molar-refractivity contribution in [3.63, 3.8) is 0 Å². The van der Waals surface area contributed by atoms with Crippen molar-refractivity contribution in [2.45, 2.75) is 18.8 Å². The first kappa shape index (κ1) is 16.8. The van der Waals surface area contributed by atoms with E-state index in [1.54, 1.807) is 42.1 Å². The maximum atomic E-state index is 12.2. The molecule has 0 saturated heterocycles. The lowest BCUT2D eigenvalue weighted by Gasteiger charge is -2.00. The van der Waals surface area contributed by atoms with Crippen LogP contribution in [0.3, 0.4) is 0 Å². The van der Waals surface area contributed by atoms with Crippen molar-refractivity contribution in [3.8, 4) is 11.3 Å². The second-order valence-electron chi connectivity index (χ2n) is 6.56. The van der Waals surface area contributed by atoms with E-state index in [1.165, 1.54) is 12.8 Å². The minimum absolute atomic E-state index is 0.294. The number of hydrogen-bond acceptors (Lipinski definition) is 6. The van der Waals surface area contributed by atoms with Crippen molar-refractivity contribution in [2.75, 3.05) is 0 Å². The Morgan fingerprint density at radius 1 is 1.18 bits per heavy atom. The molecule has 0 radical (unpaired) electrons. The van der Waals surface area contributed by atoms with Gasteiger partial charge in [0.15, 0.2) is 0 Å². The van der Waals surface area contributed by atoms with Crippen LogP contribution >= 0.6 is 11.3 Å². The summed E-state index contributed by atoms with van der Waals surface area (Å²) in [7, 11) is 0. The maximum absolute atomic E-state index is 12.2. The van der Waals surface area contributed by atoms with E-state index in [0.717, 1.165) is 26.9 Å². The Morgan fingerprint density at radius 2 is 1.96 bits per heavy atom. The van der Waals surface area contributed by atoms with E-state index in [9.17, 15) is 4.79 Å². The van der Waals surface area contributed by atoms with Gasteiger partial charge in [0.05, 0.1) is 6.21 Å². The molecular formula is C20H16N6OS. The number of aromatic nitrogens is 4. The molecule has 3 aromatic heterocycles. The highest BCUT2D eigenvalue weighted by atomic mass is 32.1. The zero-order valence-electron chi connectivity index (χ0n) is 14.8. The van der Waals surface area contributed by atoms with Crippen LogP contribution < -0.4 is 5.43 Å². The lowest BCUT2D eigenvalue weighted by molar-refractivity contribution is 0.0955. The fourth-order valence-corrected chi connectivity index (χ4v) is 3.99. The van der Waals surface area contributed by atoms with E-state index in [1.807, 2.05) is 34.8 Å². The molecule has 28 heavy (non-hydrogen) atoms. The third-order valence-corrected chi connectivity index (χ3v) is 5.59. The maximum Gasteiger partial charge on any atom is 0.271 e. The Balaban J connectivity index is 1.49. The van der Waals surface area contributed by atoms with Gasteiger partial charge in [0.1, 0.15) is 16.4 Å². The van der Waals surface area contributed by atoms with Gasteiger partial charge in [0.2, 0.25) is 4.96 Å². The van der Waals surface area contributed by atoms with Gasteiger partial charge in [-0.2, -0.15) is 10.2 Å². The number of hydrazone groups is 1. The lowest BCUT2D eigenvalue weighted by atomic mass is 10.1. The van der Waals surface area contributed by atoms with Crippen LogP contribution in [-0.2, 0) is 0 Å². The summed E-state index contributed by atoms with van der Waals surface area (Å²) in [5.41, 5.74) is 5.58. The molecule has 0 atom stereocenters. The number of benzene rings is 1. The number of pyridine rings is 1. The fraction of sp³-hybridized carbons (Fsp3) is 0.150. The van der Waals surface area contributed by atoms with Gasteiger partial charge < -0.3 is 0 Å². The zero-order valence-corrected chi connectivity index (χ0v) is 15.6. The number of carbonyl (C=O) groups is 1. The predicted octanol–water partition coefficient (Wildman–Crippen LogP) is 3.49. The molecule has 5 rings (SSSR count). The molecule has 0 unspecified atom stereocenters. The highest BCUT2D eigenvalue weighted by Gasteiger charge is 2.29. The first-order chi connectivity index (χ1) is 13.8. The van der Waals surface area contributed by atoms with Gasteiger partial charge in [-0.1, -0.05) is 41.7 Å². The monoisotopic (exact) mass is 388 g/mol. The van der Waals surface area contributed by atoms with Gasteiger partial charge in [-0.05, 0) is 25.0 Å². The summed E-state index contributed by atoms with van der Waals surface area (Å²) >= 11 is 1.62. The average molecular weight is 388 g/mol. The van der Waals surface area contributed by atoms with Crippen LogP contribution in [0.5, 0.6) is 0 Å². The lowest BCUT2D eigenvalue weighted by Crippen LogP contribution is -2.17. The number of hydrogen-bond donors (Lipinski definition) is 1. The number of carbonyl (C=O) groups excluding carboxylic acids is 1. The van der Waals surface area contributed by atoms with Crippen molar-refractivity contribution in [1.29, 1.82) is 0 Å². The van der Waals surface area contributed by atoms with Gasteiger partial charge in [-0.25, -0.2) is 14.9 Å². The van der Waals surface area contributed by atoms with E-state index in [4.69, 9.17) is 10.1 Å². The summed E-state index contributed by atoms with van der Waals surface area (Å²) in [6.07, 6.45) is 7.13. The van der Waals surface area contributed by atoms with Crippen LogP contribution in [0.4, 0.5) is 0 Å². The topological polar surface area (TPSA) is 84.5 Å².